The standard InChI is InChI=1S/C12H21N2O2P/c1-3-14(2)17(11-15-10-9-13)16-12-7-5-4-6-8-12/h4-8H,3,9-11,13H2,1-2H3. The van der Waals surface area contributed by atoms with Crippen molar-refractivity contribution in [1.82, 2.24) is 4.67 Å². The summed E-state index contributed by atoms with van der Waals surface area (Å²) in [5, 5.41) is 0. The average Bonchev–Trinajstić information content (AvgIpc) is 2.38. The zero-order chi connectivity index (χ0) is 12.5. The van der Waals surface area contributed by atoms with E-state index in [4.69, 9.17) is 15.0 Å². The number of hydrogen-bond acceptors (Lipinski definition) is 4. The van der Waals surface area contributed by atoms with E-state index in [0.717, 1.165) is 12.3 Å². The molecule has 2 N–H and O–H groups in total. The SMILES string of the molecule is CCN(C)P(COCCN)Oc1ccccc1. The van der Waals surface area contributed by atoms with E-state index in [9.17, 15) is 0 Å². The molecule has 96 valence electrons. The lowest BCUT2D eigenvalue weighted by Crippen LogP contribution is -2.18. The van der Waals surface area contributed by atoms with Gasteiger partial charge in [-0.15, -0.1) is 0 Å². The van der Waals surface area contributed by atoms with E-state index < -0.39 is 8.30 Å². The maximum Gasteiger partial charge on any atom is 0.190 e. The highest BCUT2D eigenvalue weighted by Crippen LogP contribution is 2.40. The third-order valence-corrected chi connectivity index (χ3v) is 4.13. The molecule has 1 aromatic rings. The monoisotopic (exact) mass is 256 g/mol. The number of rotatable bonds is 8. The van der Waals surface area contributed by atoms with Crippen molar-refractivity contribution >= 4 is 8.30 Å². The number of ether oxygens (including phenoxy) is 1. The molecule has 0 amide bonds. The van der Waals surface area contributed by atoms with Gasteiger partial charge in [-0.3, -0.25) is 4.67 Å². The van der Waals surface area contributed by atoms with Gasteiger partial charge < -0.3 is 15.0 Å². The number of para-hydroxylation sites is 1. The van der Waals surface area contributed by atoms with Crippen LogP contribution in [0.3, 0.4) is 0 Å². The molecule has 1 rings (SSSR count). The van der Waals surface area contributed by atoms with E-state index in [1.165, 1.54) is 0 Å². The minimum atomic E-state index is -0.754. The summed E-state index contributed by atoms with van der Waals surface area (Å²) in [6.07, 6.45) is 0.589. The molecule has 0 fully saturated rings. The van der Waals surface area contributed by atoms with Gasteiger partial charge in [-0.25, -0.2) is 0 Å². The van der Waals surface area contributed by atoms with Crippen LogP contribution in [0, 0.1) is 0 Å². The Morgan fingerprint density at radius 1 is 1.29 bits per heavy atom. The van der Waals surface area contributed by atoms with Crippen LogP contribution in [-0.2, 0) is 4.74 Å². The molecule has 0 aliphatic heterocycles. The number of nitrogens with two attached hydrogens (primary N) is 1. The average molecular weight is 256 g/mol. The summed E-state index contributed by atoms with van der Waals surface area (Å²) >= 11 is 0. The molecule has 0 radical (unpaired) electrons. The van der Waals surface area contributed by atoms with Crippen LogP contribution in [0.1, 0.15) is 6.92 Å². The lowest BCUT2D eigenvalue weighted by atomic mass is 10.3. The Hall–Kier alpha value is -0.670. The Bertz CT molecular complexity index is 298. The Labute approximate surface area is 105 Å². The van der Waals surface area contributed by atoms with Gasteiger partial charge in [0.05, 0.1) is 6.61 Å². The van der Waals surface area contributed by atoms with E-state index in [1.807, 2.05) is 37.4 Å². The second-order valence-corrected chi connectivity index (χ2v) is 5.38. The third-order valence-electron chi connectivity index (χ3n) is 2.26. The van der Waals surface area contributed by atoms with E-state index in [2.05, 4.69) is 11.6 Å². The van der Waals surface area contributed by atoms with Crippen LogP contribution in [-0.4, -0.2) is 37.8 Å². The van der Waals surface area contributed by atoms with Crippen LogP contribution >= 0.6 is 8.30 Å². The third kappa shape index (κ3) is 5.46. The lowest BCUT2D eigenvalue weighted by Gasteiger charge is -2.26. The maximum atomic E-state index is 5.94. The van der Waals surface area contributed by atoms with Crippen LogP contribution in [0.2, 0.25) is 0 Å². The van der Waals surface area contributed by atoms with Gasteiger partial charge >= 0.3 is 0 Å². The Kier molecular flexibility index (Phi) is 7.13. The summed E-state index contributed by atoms with van der Waals surface area (Å²) in [7, 11) is 1.29. The first-order chi connectivity index (χ1) is 8.27. The quantitative estimate of drug-likeness (QED) is 0.572. The van der Waals surface area contributed by atoms with Crippen molar-refractivity contribution in [3.8, 4) is 5.75 Å². The van der Waals surface area contributed by atoms with Crippen molar-refractivity contribution in [2.45, 2.75) is 6.92 Å². The Morgan fingerprint density at radius 3 is 2.59 bits per heavy atom. The fourth-order valence-corrected chi connectivity index (χ4v) is 2.54. The molecule has 0 saturated carbocycles. The molecule has 0 aromatic heterocycles. The first kappa shape index (κ1) is 14.4. The summed E-state index contributed by atoms with van der Waals surface area (Å²) < 4.78 is 13.6. The highest BCUT2D eigenvalue weighted by Gasteiger charge is 2.16. The fraction of sp³-hybridized carbons (Fsp3) is 0.500. The Balaban J connectivity index is 2.51. The largest absolute Gasteiger partial charge is 0.456 e. The van der Waals surface area contributed by atoms with E-state index >= 15 is 0 Å². The molecule has 1 unspecified atom stereocenters. The van der Waals surface area contributed by atoms with Gasteiger partial charge in [-0.2, -0.15) is 0 Å². The van der Waals surface area contributed by atoms with Crippen molar-refractivity contribution in [2.75, 3.05) is 33.1 Å². The smallest absolute Gasteiger partial charge is 0.190 e. The van der Waals surface area contributed by atoms with E-state index in [1.54, 1.807) is 0 Å². The van der Waals surface area contributed by atoms with Gasteiger partial charge in [0, 0.05) is 13.1 Å². The van der Waals surface area contributed by atoms with Crippen molar-refractivity contribution < 1.29 is 9.26 Å². The highest BCUT2D eigenvalue weighted by molar-refractivity contribution is 7.50. The van der Waals surface area contributed by atoms with Crippen molar-refractivity contribution in [1.29, 1.82) is 0 Å². The predicted molar refractivity (Wildman–Crippen MR) is 72.2 cm³/mol. The molecule has 17 heavy (non-hydrogen) atoms. The van der Waals surface area contributed by atoms with Crippen molar-refractivity contribution in [3.63, 3.8) is 0 Å². The summed E-state index contributed by atoms with van der Waals surface area (Å²) in [6.45, 7) is 4.16. The molecule has 0 aliphatic carbocycles. The van der Waals surface area contributed by atoms with Gasteiger partial charge in [0.25, 0.3) is 0 Å². The fourth-order valence-electron chi connectivity index (χ4n) is 1.18. The number of nitrogens with zero attached hydrogens (tertiary/aromatic N) is 1. The molecule has 1 atom stereocenters. The van der Waals surface area contributed by atoms with Crippen LogP contribution in [0.25, 0.3) is 0 Å². The van der Waals surface area contributed by atoms with Gasteiger partial charge in [-0.1, -0.05) is 25.1 Å². The summed E-state index contributed by atoms with van der Waals surface area (Å²) in [5.74, 6) is 0.884. The molecule has 0 spiro atoms. The van der Waals surface area contributed by atoms with Crippen molar-refractivity contribution in [2.24, 2.45) is 5.73 Å². The molecule has 4 nitrogen and oxygen atoms in total. The minimum absolute atomic E-state index is 0.546. The zero-order valence-corrected chi connectivity index (χ0v) is 11.4. The molecule has 0 aliphatic rings. The van der Waals surface area contributed by atoms with Gasteiger partial charge in [0.2, 0.25) is 0 Å². The van der Waals surface area contributed by atoms with Gasteiger partial charge in [0.15, 0.2) is 8.30 Å². The van der Waals surface area contributed by atoms with Crippen LogP contribution in [0.5, 0.6) is 5.75 Å². The van der Waals surface area contributed by atoms with Crippen LogP contribution in [0.15, 0.2) is 30.3 Å². The molecule has 1 aromatic carbocycles. The molecule has 0 heterocycles. The second-order valence-electron chi connectivity index (χ2n) is 3.56. The predicted octanol–water partition coefficient (Wildman–Crippen LogP) is 2.26. The van der Waals surface area contributed by atoms with Gasteiger partial charge in [0.1, 0.15) is 12.1 Å². The zero-order valence-electron chi connectivity index (χ0n) is 10.5. The molecule has 0 bridgehead atoms. The lowest BCUT2D eigenvalue weighted by molar-refractivity contribution is 0.179. The van der Waals surface area contributed by atoms with Crippen LogP contribution < -0.4 is 10.3 Å². The normalized spacial score (nSPS) is 12.7. The minimum Gasteiger partial charge on any atom is -0.456 e. The number of benzene rings is 1. The molecule has 0 saturated heterocycles. The Morgan fingerprint density at radius 2 is 2.00 bits per heavy atom. The second kappa shape index (κ2) is 8.43. The first-order valence-electron chi connectivity index (χ1n) is 5.77. The first-order valence-corrected chi connectivity index (χ1v) is 7.17. The highest BCUT2D eigenvalue weighted by atomic mass is 31.2. The molecular weight excluding hydrogens is 235 g/mol. The summed E-state index contributed by atoms with van der Waals surface area (Å²) in [5.41, 5.74) is 5.40. The van der Waals surface area contributed by atoms with Crippen molar-refractivity contribution in [3.05, 3.63) is 30.3 Å². The maximum absolute atomic E-state index is 5.94. The van der Waals surface area contributed by atoms with E-state index in [-0.39, 0.29) is 0 Å². The summed E-state index contributed by atoms with van der Waals surface area (Å²) in [4.78, 5) is 0. The van der Waals surface area contributed by atoms with Crippen LogP contribution in [0.4, 0.5) is 0 Å². The van der Waals surface area contributed by atoms with Gasteiger partial charge in [-0.05, 0) is 19.2 Å². The van der Waals surface area contributed by atoms with E-state index in [0.29, 0.717) is 19.5 Å². The molecular formula is C12H21N2O2P. The summed E-state index contributed by atoms with van der Waals surface area (Å²) in [6, 6.07) is 9.83. The number of hydrogen-bond donors (Lipinski definition) is 1. The topological polar surface area (TPSA) is 47.7 Å². The molecule has 5 heteroatoms.